The van der Waals surface area contributed by atoms with Crippen molar-refractivity contribution in [3.8, 4) is 5.75 Å². The average Bonchev–Trinajstić information content (AvgIpc) is 3.27. The number of hydrogen-bond donors (Lipinski definition) is 0. The Balaban J connectivity index is 1.27. The maximum absolute atomic E-state index is 12.6. The van der Waals surface area contributed by atoms with Crippen molar-refractivity contribution in [3.63, 3.8) is 0 Å². The Morgan fingerprint density at radius 3 is 2.48 bits per heavy atom. The number of methoxy groups -OCH3 is 1. The zero-order valence-corrected chi connectivity index (χ0v) is 20.6. The Kier molecular flexibility index (Phi) is 7.19. The predicted molar refractivity (Wildman–Crippen MR) is 132 cm³/mol. The van der Waals surface area contributed by atoms with Gasteiger partial charge in [-0.1, -0.05) is 24.3 Å². The molecule has 0 N–H and O–H groups in total. The van der Waals surface area contributed by atoms with E-state index in [0.29, 0.717) is 25.3 Å². The lowest BCUT2D eigenvalue weighted by Gasteiger charge is -2.34. The second-order valence-corrected chi connectivity index (χ2v) is 11.2. The van der Waals surface area contributed by atoms with E-state index in [0.717, 1.165) is 30.2 Å². The first-order chi connectivity index (χ1) is 15.9. The van der Waals surface area contributed by atoms with Gasteiger partial charge in [0, 0.05) is 32.6 Å². The summed E-state index contributed by atoms with van der Waals surface area (Å²) >= 11 is 1.70. The molecule has 1 saturated heterocycles. The molecule has 4 rings (SSSR count). The summed E-state index contributed by atoms with van der Waals surface area (Å²) in [7, 11) is -1.88. The Bertz CT molecular complexity index is 1210. The summed E-state index contributed by atoms with van der Waals surface area (Å²) in [6.07, 6.45) is 1.55. The van der Waals surface area contributed by atoms with Crippen molar-refractivity contribution in [2.45, 2.75) is 31.1 Å². The third kappa shape index (κ3) is 5.47. The van der Waals surface area contributed by atoms with Crippen molar-refractivity contribution in [2.24, 2.45) is 0 Å². The lowest BCUT2D eigenvalue weighted by atomic mass is 10.2. The fourth-order valence-corrected chi connectivity index (χ4v) is 6.32. The summed E-state index contributed by atoms with van der Waals surface area (Å²) in [6.45, 7) is 4.86. The van der Waals surface area contributed by atoms with Gasteiger partial charge in [0.2, 0.25) is 5.91 Å². The van der Waals surface area contributed by atoms with Crippen molar-refractivity contribution < 1.29 is 17.9 Å². The third-order valence-electron chi connectivity index (χ3n) is 5.97. The van der Waals surface area contributed by atoms with Gasteiger partial charge >= 0.3 is 0 Å². The van der Waals surface area contributed by atoms with Crippen LogP contribution < -0.4 is 9.64 Å². The van der Waals surface area contributed by atoms with Gasteiger partial charge in [0.15, 0.2) is 15.0 Å². The summed E-state index contributed by atoms with van der Waals surface area (Å²) in [4.78, 5) is 21.7. The average molecular weight is 488 g/mol. The maximum atomic E-state index is 12.6. The van der Waals surface area contributed by atoms with Gasteiger partial charge in [0.05, 0.1) is 28.0 Å². The molecular weight excluding hydrogens is 458 g/mol. The quantitative estimate of drug-likeness (QED) is 0.481. The molecule has 1 aliphatic rings. The lowest BCUT2D eigenvalue weighted by molar-refractivity contribution is -0.131. The molecule has 0 atom stereocenters. The normalized spacial score (nSPS) is 14.6. The van der Waals surface area contributed by atoms with Gasteiger partial charge in [-0.05, 0) is 54.8 Å². The molecule has 7 nitrogen and oxygen atoms in total. The van der Waals surface area contributed by atoms with Gasteiger partial charge < -0.3 is 14.5 Å². The highest BCUT2D eigenvalue weighted by Gasteiger charge is 2.24. The number of aryl methyl sites for hydroxylation is 1. The van der Waals surface area contributed by atoms with Crippen molar-refractivity contribution in [3.05, 3.63) is 48.0 Å². The van der Waals surface area contributed by atoms with E-state index in [2.05, 4.69) is 30.0 Å². The van der Waals surface area contributed by atoms with E-state index in [1.807, 2.05) is 4.90 Å². The standard InChI is InChI=1S/C24H29N3O4S2/c1-3-18-6-11-21-22(17-18)32-24(25-21)27-14-12-26(13-15-27)23(28)5-4-16-33(29,30)20-9-7-19(31-2)8-10-20/h6-11,17H,3-5,12-16H2,1-2H3. The van der Waals surface area contributed by atoms with Crippen LogP contribution in [0.4, 0.5) is 5.13 Å². The molecule has 1 amide bonds. The fourth-order valence-electron chi connectivity index (χ4n) is 3.93. The number of hydrogen-bond acceptors (Lipinski definition) is 7. The maximum Gasteiger partial charge on any atom is 0.222 e. The van der Waals surface area contributed by atoms with Crippen LogP contribution in [0.1, 0.15) is 25.3 Å². The summed E-state index contributed by atoms with van der Waals surface area (Å²) in [5, 5.41) is 0.996. The first-order valence-electron chi connectivity index (χ1n) is 11.2. The van der Waals surface area contributed by atoms with Gasteiger partial charge in [-0.3, -0.25) is 4.79 Å². The number of carbonyl (C=O) groups excluding carboxylic acids is 1. The summed E-state index contributed by atoms with van der Waals surface area (Å²) in [5.74, 6) is 0.576. The minimum absolute atomic E-state index is 0.0106. The van der Waals surface area contributed by atoms with E-state index in [4.69, 9.17) is 9.72 Å². The van der Waals surface area contributed by atoms with Gasteiger partial charge in [0.25, 0.3) is 0 Å². The van der Waals surface area contributed by atoms with E-state index in [1.54, 1.807) is 35.6 Å². The van der Waals surface area contributed by atoms with E-state index >= 15 is 0 Å². The fraction of sp³-hybridized carbons (Fsp3) is 0.417. The largest absolute Gasteiger partial charge is 0.497 e. The molecule has 176 valence electrons. The van der Waals surface area contributed by atoms with E-state index in [-0.39, 0.29) is 23.0 Å². The number of sulfone groups is 1. The van der Waals surface area contributed by atoms with Crippen LogP contribution >= 0.6 is 11.3 Å². The molecule has 0 unspecified atom stereocenters. The number of piperazine rings is 1. The Morgan fingerprint density at radius 2 is 1.82 bits per heavy atom. The van der Waals surface area contributed by atoms with Crippen LogP contribution in [0.25, 0.3) is 10.2 Å². The van der Waals surface area contributed by atoms with Gasteiger partial charge in [0.1, 0.15) is 5.75 Å². The number of benzene rings is 2. The molecule has 9 heteroatoms. The highest BCUT2D eigenvalue weighted by Crippen LogP contribution is 2.30. The van der Waals surface area contributed by atoms with Crippen molar-refractivity contribution in [1.29, 1.82) is 0 Å². The number of nitrogens with zero attached hydrogens (tertiary/aromatic N) is 3. The monoisotopic (exact) mass is 487 g/mol. The molecule has 1 aromatic heterocycles. The molecule has 0 spiro atoms. The summed E-state index contributed by atoms with van der Waals surface area (Å²) in [5.41, 5.74) is 2.32. The number of ether oxygens (including phenoxy) is 1. The van der Waals surface area contributed by atoms with Crippen molar-refractivity contribution in [1.82, 2.24) is 9.88 Å². The van der Waals surface area contributed by atoms with Crippen LogP contribution in [0.5, 0.6) is 5.75 Å². The molecule has 2 heterocycles. The summed E-state index contributed by atoms with van der Waals surface area (Å²) < 4.78 is 31.3. The Labute approximate surface area is 198 Å². The molecular formula is C24H29N3O4S2. The molecule has 0 saturated carbocycles. The Hall–Kier alpha value is -2.65. The zero-order valence-electron chi connectivity index (χ0n) is 19.0. The van der Waals surface area contributed by atoms with Gasteiger partial charge in [-0.15, -0.1) is 0 Å². The van der Waals surface area contributed by atoms with Crippen LogP contribution in [0.3, 0.4) is 0 Å². The topological polar surface area (TPSA) is 79.8 Å². The highest BCUT2D eigenvalue weighted by atomic mass is 32.2. The highest BCUT2D eigenvalue weighted by molar-refractivity contribution is 7.91. The minimum atomic E-state index is -3.42. The molecule has 33 heavy (non-hydrogen) atoms. The molecule has 0 aliphatic carbocycles. The van der Waals surface area contributed by atoms with Gasteiger partial charge in [-0.25, -0.2) is 13.4 Å². The number of amides is 1. The van der Waals surface area contributed by atoms with Crippen LogP contribution in [0.15, 0.2) is 47.4 Å². The third-order valence-corrected chi connectivity index (χ3v) is 8.87. The SMILES string of the molecule is CCc1ccc2nc(N3CCN(C(=O)CCCS(=O)(=O)c4ccc(OC)cc4)CC3)sc2c1. The molecule has 1 fully saturated rings. The first-order valence-corrected chi connectivity index (χ1v) is 13.7. The molecule has 2 aromatic carbocycles. The molecule has 1 aliphatic heterocycles. The number of carbonyl (C=O) groups is 1. The number of aromatic nitrogens is 1. The van der Waals surface area contributed by atoms with Crippen LogP contribution in [-0.4, -0.2) is 63.3 Å². The Morgan fingerprint density at radius 1 is 1.09 bits per heavy atom. The number of fused-ring (bicyclic) bond motifs is 1. The molecule has 0 radical (unpaired) electrons. The number of thiazole rings is 1. The number of rotatable bonds is 8. The predicted octanol–water partition coefficient (Wildman–Crippen LogP) is 3.77. The van der Waals surface area contributed by atoms with Crippen LogP contribution in [-0.2, 0) is 21.1 Å². The smallest absolute Gasteiger partial charge is 0.222 e. The van der Waals surface area contributed by atoms with Crippen molar-refractivity contribution >= 4 is 42.4 Å². The van der Waals surface area contributed by atoms with E-state index in [1.165, 1.54) is 17.4 Å². The minimum Gasteiger partial charge on any atom is -0.497 e. The zero-order chi connectivity index (χ0) is 23.4. The second-order valence-electron chi connectivity index (χ2n) is 8.12. The van der Waals surface area contributed by atoms with Crippen LogP contribution in [0, 0.1) is 0 Å². The van der Waals surface area contributed by atoms with E-state index < -0.39 is 9.84 Å². The van der Waals surface area contributed by atoms with E-state index in [9.17, 15) is 13.2 Å². The first kappa shape index (κ1) is 23.5. The van der Waals surface area contributed by atoms with Crippen molar-refractivity contribution in [2.75, 3.05) is 43.9 Å². The van der Waals surface area contributed by atoms with Gasteiger partial charge in [-0.2, -0.15) is 0 Å². The molecule has 3 aromatic rings. The summed E-state index contributed by atoms with van der Waals surface area (Å²) in [6, 6.07) is 12.7. The number of anilines is 1. The van der Waals surface area contributed by atoms with Crippen LogP contribution in [0.2, 0.25) is 0 Å². The molecule has 0 bridgehead atoms. The lowest BCUT2D eigenvalue weighted by Crippen LogP contribution is -2.48. The second kappa shape index (κ2) is 10.1.